The maximum atomic E-state index is 12.5. The van der Waals surface area contributed by atoms with Crippen LogP contribution in [0.25, 0.3) is 21.8 Å². The van der Waals surface area contributed by atoms with E-state index in [1.807, 2.05) is 11.4 Å². The third kappa shape index (κ3) is 5.16. The number of nitriles is 1. The summed E-state index contributed by atoms with van der Waals surface area (Å²) in [4.78, 5) is 24.5. The number of aromatic amines is 1. The maximum absolute atomic E-state index is 12.5. The molecule has 0 spiro atoms. The van der Waals surface area contributed by atoms with Crippen molar-refractivity contribution in [1.82, 2.24) is 15.0 Å². The smallest absolute Gasteiger partial charge is 0.270 e. The third-order valence-electron chi connectivity index (χ3n) is 5.11. The van der Waals surface area contributed by atoms with Gasteiger partial charge in [0.15, 0.2) is 5.16 Å². The lowest BCUT2D eigenvalue weighted by Gasteiger charge is -2.07. The van der Waals surface area contributed by atoms with Gasteiger partial charge in [0.1, 0.15) is 22.4 Å². The van der Waals surface area contributed by atoms with Crippen LogP contribution in [0.2, 0.25) is 0 Å². The number of nitrogens with one attached hydrogen (secondary N) is 1. The van der Waals surface area contributed by atoms with Crippen molar-refractivity contribution >= 4 is 23.1 Å². The van der Waals surface area contributed by atoms with Crippen molar-refractivity contribution in [2.75, 3.05) is 7.11 Å². The Morgan fingerprint density at radius 3 is 2.42 bits per heavy atom. The second kappa shape index (κ2) is 10.0. The van der Waals surface area contributed by atoms with Crippen LogP contribution in [0, 0.1) is 11.3 Å². The van der Waals surface area contributed by atoms with Crippen LogP contribution in [0.15, 0.2) is 63.9 Å². The summed E-state index contributed by atoms with van der Waals surface area (Å²) in [5.41, 5.74) is 3.87. The molecule has 0 radical (unpaired) electrons. The number of aromatic nitrogens is 3. The fraction of sp³-hybridized carbons (Fsp3) is 0.200. The average molecular weight is 475 g/mol. The Balaban J connectivity index is 1.53. The molecule has 1 N–H and O–H groups in total. The molecule has 166 valence electrons. The fourth-order valence-electron chi connectivity index (χ4n) is 3.24. The Morgan fingerprint density at radius 1 is 1.09 bits per heavy atom. The van der Waals surface area contributed by atoms with E-state index in [-0.39, 0.29) is 5.56 Å². The molecule has 2 heterocycles. The van der Waals surface area contributed by atoms with E-state index in [4.69, 9.17) is 9.72 Å². The summed E-state index contributed by atoms with van der Waals surface area (Å²) in [6, 6.07) is 17.6. The molecule has 8 heteroatoms. The zero-order valence-electron chi connectivity index (χ0n) is 18.5. The zero-order valence-corrected chi connectivity index (χ0v) is 20.1. The number of thioether (sulfide) groups is 1. The SMILES string of the molecule is COc1ccc(-c2nc(SCc3csc(-c4ccc(C(C)C)cc4)n3)[nH]c(=O)c2C#N)cc1. The molecule has 4 rings (SSSR count). The van der Waals surface area contributed by atoms with E-state index in [2.05, 4.69) is 48.1 Å². The molecule has 6 nitrogen and oxygen atoms in total. The molecular weight excluding hydrogens is 452 g/mol. The highest BCUT2D eigenvalue weighted by molar-refractivity contribution is 7.98. The molecule has 0 aliphatic rings. The van der Waals surface area contributed by atoms with Crippen molar-refractivity contribution < 1.29 is 4.74 Å². The Labute approximate surface area is 200 Å². The molecule has 0 saturated heterocycles. The Bertz CT molecular complexity index is 1350. The van der Waals surface area contributed by atoms with Crippen LogP contribution in [0.4, 0.5) is 0 Å². The maximum Gasteiger partial charge on any atom is 0.270 e. The minimum absolute atomic E-state index is 0.00898. The average Bonchev–Trinajstić information content (AvgIpc) is 3.31. The van der Waals surface area contributed by atoms with Crippen LogP contribution in [-0.2, 0) is 5.75 Å². The molecule has 33 heavy (non-hydrogen) atoms. The summed E-state index contributed by atoms with van der Waals surface area (Å²) >= 11 is 2.97. The van der Waals surface area contributed by atoms with Gasteiger partial charge in [0.05, 0.1) is 18.5 Å². The summed E-state index contributed by atoms with van der Waals surface area (Å²) in [5, 5.41) is 12.9. The van der Waals surface area contributed by atoms with E-state index in [1.54, 1.807) is 42.7 Å². The Morgan fingerprint density at radius 2 is 1.79 bits per heavy atom. The van der Waals surface area contributed by atoms with Crippen molar-refractivity contribution in [1.29, 1.82) is 5.26 Å². The van der Waals surface area contributed by atoms with Gasteiger partial charge in [-0.1, -0.05) is 49.9 Å². The van der Waals surface area contributed by atoms with E-state index >= 15 is 0 Å². The summed E-state index contributed by atoms with van der Waals surface area (Å²) in [6.07, 6.45) is 0. The Kier molecular flexibility index (Phi) is 6.92. The van der Waals surface area contributed by atoms with Crippen molar-refractivity contribution in [2.24, 2.45) is 0 Å². The number of hydrogen-bond donors (Lipinski definition) is 1. The van der Waals surface area contributed by atoms with Gasteiger partial charge in [0, 0.05) is 22.3 Å². The molecule has 0 saturated carbocycles. The summed E-state index contributed by atoms with van der Waals surface area (Å²) in [7, 11) is 1.58. The first-order valence-electron chi connectivity index (χ1n) is 10.3. The first-order chi connectivity index (χ1) is 16.0. The standard InChI is InChI=1S/C25H22N4O2S2/c1-15(2)16-4-6-18(7-5-16)24-27-19(13-32-24)14-33-25-28-22(21(12-26)23(30)29-25)17-8-10-20(31-3)11-9-17/h4-11,13,15H,14H2,1-3H3,(H,28,29,30). The monoisotopic (exact) mass is 474 g/mol. The molecule has 2 aromatic heterocycles. The second-order valence-electron chi connectivity index (χ2n) is 7.64. The predicted octanol–water partition coefficient (Wildman–Crippen LogP) is 5.86. The van der Waals surface area contributed by atoms with E-state index in [0.29, 0.717) is 33.8 Å². The van der Waals surface area contributed by atoms with Gasteiger partial charge < -0.3 is 9.72 Å². The van der Waals surface area contributed by atoms with Crippen molar-refractivity contribution in [3.8, 4) is 33.6 Å². The number of thiazole rings is 1. The third-order valence-corrected chi connectivity index (χ3v) is 6.95. The summed E-state index contributed by atoms with van der Waals surface area (Å²) in [6.45, 7) is 4.35. The van der Waals surface area contributed by atoms with Crippen molar-refractivity contribution in [2.45, 2.75) is 30.7 Å². The molecule has 2 aromatic carbocycles. The molecule has 4 aromatic rings. The molecule has 0 aliphatic carbocycles. The molecule has 0 atom stereocenters. The van der Waals surface area contributed by atoms with Crippen LogP contribution in [0.1, 0.15) is 36.6 Å². The molecule has 0 unspecified atom stereocenters. The predicted molar refractivity (Wildman–Crippen MR) is 133 cm³/mol. The lowest BCUT2D eigenvalue weighted by atomic mass is 10.0. The van der Waals surface area contributed by atoms with Crippen LogP contribution in [0.3, 0.4) is 0 Å². The minimum Gasteiger partial charge on any atom is -0.497 e. The van der Waals surface area contributed by atoms with Crippen LogP contribution in [-0.4, -0.2) is 22.1 Å². The Hall–Kier alpha value is -3.41. The van der Waals surface area contributed by atoms with E-state index in [1.165, 1.54) is 17.3 Å². The fourth-order valence-corrected chi connectivity index (χ4v) is 4.93. The van der Waals surface area contributed by atoms with Gasteiger partial charge in [0.2, 0.25) is 0 Å². The van der Waals surface area contributed by atoms with Crippen molar-refractivity contribution in [3.63, 3.8) is 0 Å². The summed E-state index contributed by atoms with van der Waals surface area (Å²) in [5.74, 6) is 1.74. The van der Waals surface area contributed by atoms with E-state index in [0.717, 1.165) is 16.3 Å². The number of H-pyrrole nitrogens is 1. The normalized spacial score (nSPS) is 10.9. The van der Waals surface area contributed by atoms with Gasteiger partial charge in [-0.3, -0.25) is 4.79 Å². The minimum atomic E-state index is -0.454. The highest BCUT2D eigenvalue weighted by atomic mass is 32.2. The lowest BCUT2D eigenvalue weighted by Crippen LogP contribution is -2.14. The number of benzene rings is 2. The molecular formula is C25H22N4O2S2. The summed E-state index contributed by atoms with van der Waals surface area (Å²) < 4.78 is 5.18. The lowest BCUT2D eigenvalue weighted by molar-refractivity contribution is 0.415. The largest absolute Gasteiger partial charge is 0.497 e. The second-order valence-corrected chi connectivity index (χ2v) is 9.47. The van der Waals surface area contributed by atoms with Gasteiger partial charge in [-0.05, 0) is 35.7 Å². The van der Waals surface area contributed by atoms with Gasteiger partial charge in [-0.2, -0.15) is 5.26 Å². The van der Waals surface area contributed by atoms with Gasteiger partial charge >= 0.3 is 0 Å². The highest BCUT2D eigenvalue weighted by Crippen LogP contribution is 2.29. The van der Waals surface area contributed by atoms with Gasteiger partial charge in [-0.25, -0.2) is 9.97 Å². The first kappa shape index (κ1) is 22.8. The van der Waals surface area contributed by atoms with Crippen LogP contribution in [0.5, 0.6) is 5.75 Å². The molecule has 0 aliphatic heterocycles. The first-order valence-corrected chi connectivity index (χ1v) is 12.2. The van der Waals surface area contributed by atoms with Gasteiger partial charge in [0.25, 0.3) is 5.56 Å². The van der Waals surface area contributed by atoms with Gasteiger partial charge in [-0.15, -0.1) is 11.3 Å². The number of rotatable bonds is 7. The number of nitrogens with zero attached hydrogens (tertiary/aromatic N) is 3. The number of ether oxygens (including phenoxy) is 1. The topological polar surface area (TPSA) is 91.7 Å². The molecule has 0 bridgehead atoms. The molecule has 0 amide bonds. The quantitative estimate of drug-likeness (QED) is 0.267. The highest BCUT2D eigenvalue weighted by Gasteiger charge is 2.15. The molecule has 0 fully saturated rings. The zero-order chi connectivity index (χ0) is 23.4. The van der Waals surface area contributed by atoms with E-state index < -0.39 is 5.56 Å². The van der Waals surface area contributed by atoms with Crippen LogP contribution < -0.4 is 10.3 Å². The van der Waals surface area contributed by atoms with E-state index in [9.17, 15) is 10.1 Å². The number of hydrogen-bond acceptors (Lipinski definition) is 7. The van der Waals surface area contributed by atoms with Crippen molar-refractivity contribution in [3.05, 3.63) is 81.1 Å². The van der Waals surface area contributed by atoms with Crippen LogP contribution >= 0.6 is 23.1 Å². The number of methoxy groups -OCH3 is 1.